The summed E-state index contributed by atoms with van der Waals surface area (Å²) in [5.74, 6) is 0. The molecule has 0 unspecified atom stereocenters. The molecule has 0 fully saturated rings. The van der Waals surface area contributed by atoms with Crippen LogP contribution in [0.1, 0.15) is 27.2 Å². The predicted octanol–water partition coefficient (Wildman–Crippen LogP) is 6.37. The molecule has 0 N–H and O–H groups in total. The van der Waals surface area contributed by atoms with E-state index in [2.05, 4.69) is 25.4 Å². The maximum Gasteiger partial charge on any atom is 0.103 e. The number of hydrogen-bond donors (Lipinski definition) is 0. The largest absolute Gasteiger partial charge is 0.249 e. The van der Waals surface area contributed by atoms with Crippen LogP contribution in [-0.4, -0.2) is 5.04 Å². The Bertz CT molecular complexity index is 533. The van der Waals surface area contributed by atoms with Crippen LogP contribution in [0.25, 0.3) is 0 Å². The first-order valence-corrected chi connectivity index (χ1v) is 7.54. The van der Waals surface area contributed by atoms with Gasteiger partial charge in [-0.25, -0.2) is 4.99 Å². The molecule has 1 aromatic carbocycles. The van der Waals surface area contributed by atoms with E-state index in [1.165, 1.54) is 17.3 Å². The Morgan fingerprint density at radius 1 is 1.37 bits per heavy atom. The Morgan fingerprint density at radius 3 is 2.63 bits per heavy atom. The Balaban J connectivity index is 3.03. The molecule has 0 spiro atoms. The maximum atomic E-state index is 6.18. The molecule has 0 saturated heterocycles. The van der Waals surface area contributed by atoms with E-state index in [1.807, 2.05) is 25.3 Å². The molecule has 0 atom stereocenters. The second kappa shape index (κ2) is 7.78. The SMILES string of the molecule is C=C(C)C(=N/C=C(/C)CC)Sc1cccc(Cl)c1Cl. The van der Waals surface area contributed by atoms with Crippen LogP contribution < -0.4 is 0 Å². The lowest BCUT2D eigenvalue weighted by Crippen LogP contribution is -1.93. The second-order valence-corrected chi connectivity index (χ2v) is 6.01. The number of halogens is 2. The summed E-state index contributed by atoms with van der Waals surface area (Å²) >= 11 is 13.7. The third-order valence-electron chi connectivity index (χ3n) is 2.45. The van der Waals surface area contributed by atoms with Crippen molar-refractivity contribution in [2.45, 2.75) is 32.1 Å². The minimum absolute atomic E-state index is 0.549. The first-order chi connectivity index (χ1) is 8.95. The molecule has 0 aliphatic rings. The van der Waals surface area contributed by atoms with Crippen molar-refractivity contribution in [1.82, 2.24) is 0 Å². The molecule has 0 aromatic heterocycles. The monoisotopic (exact) mass is 313 g/mol. The van der Waals surface area contributed by atoms with Crippen LogP contribution >= 0.6 is 35.0 Å². The molecule has 0 heterocycles. The topological polar surface area (TPSA) is 12.4 Å². The lowest BCUT2D eigenvalue weighted by atomic mass is 10.3. The van der Waals surface area contributed by atoms with Crippen molar-refractivity contribution >= 4 is 40.0 Å². The lowest BCUT2D eigenvalue weighted by molar-refractivity contribution is 1.09. The van der Waals surface area contributed by atoms with Gasteiger partial charge < -0.3 is 0 Å². The van der Waals surface area contributed by atoms with E-state index in [9.17, 15) is 0 Å². The number of allylic oxidation sites excluding steroid dienone is 1. The van der Waals surface area contributed by atoms with Crippen molar-refractivity contribution in [2.75, 3.05) is 0 Å². The van der Waals surface area contributed by atoms with E-state index in [1.54, 1.807) is 6.07 Å². The summed E-state index contributed by atoms with van der Waals surface area (Å²) < 4.78 is 0. The summed E-state index contributed by atoms with van der Waals surface area (Å²) in [4.78, 5) is 5.36. The van der Waals surface area contributed by atoms with Gasteiger partial charge in [0.05, 0.1) is 10.0 Å². The van der Waals surface area contributed by atoms with Gasteiger partial charge in [0, 0.05) is 11.1 Å². The van der Waals surface area contributed by atoms with E-state index in [4.69, 9.17) is 23.2 Å². The highest BCUT2D eigenvalue weighted by molar-refractivity contribution is 8.14. The maximum absolute atomic E-state index is 6.18. The van der Waals surface area contributed by atoms with Crippen molar-refractivity contribution in [3.63, 3.8) is 0 Å². The first-order valence-electron chi connectivity index (χ1n) is 5.96. The molecule has 1 aromatic rings. The molecule has 0 aliphatic heterocycles. The van der Waals surface area contributed by atoms with E-state index in [0.29, 0.717) is 10.0 Å². The quantitative estimate of drug-likeness (QED) is 0.357. The van der Waals surface area contributed by atoms with Crippen LogP contribution in [0.4, 0.5) is 0 Å². The van der Waals surface area contributed by atoms with Crippen molar-refractivity contribution < 1.29 is 0 Å². The molecule has 4 heteroatoms. The molecule has 0 saturated carbocycles. The number of benzene rings is 1. The summed E-state index contributed by atoms with van der Waals surface area (Å²) in [6, 6.07) is 5.57. The van der Waals surface area contributed by atoms with Crippen molar-refractivity contribution in [3.8, 4) is 0 Å². The number of aliphatic imine (C=N–C) groups is 1. The smallest absolute Gasteiger partial charge is 0.103 e. The van der Waals surface area contributed by atoms with Crippen LogP contribution in [-0.2, 0) is 0 Å². The Labute approximate surface area is 129 Å². The molecule has 1 rings (SSSR count). The fourth-order valence-electron chi connectivity index (χ4n) is 1.15. The van der Waals surface area contributed by atoms with Gasteiger partial charge in [-0.15, -0.1) is 0 Å². The molecule has 0 radical (unpaired) electrons. The highest BCUT2D eigenvalue weighted by Crippen LogP contribution is 2.34. The summed E-state index contributed by atoms with van der Waals surface area (Å²) in [7, 11) is 0. The van der Waals surface area contributed by atoms with E-state index in [0.717, 1.165) is 21.9 Å². The molecule has 0 amide bonds. The highest BCUT2D eigenvalue weighted by Gasteiger charge is 2.09. The van der Waals surface area contributed by atoms with Crippen LogP contribution in [0.15, 0.2) is 52.0 Å². The van der Waals surface area contributed by atoms with E-state index in [-0.39, 0.29) is 0 Å². The molecular formula is C15H17Cl2NS. The van der Waals surface area contributed by atoms with Gasteiger partial charge in [0.2, 0.25) is 0 Å². The van der Waals surface area contributed by atoms with Crippen LogP contribution in [0, 0.1) is 0 Å². The highest BCUT2D eigenvalue weighted by atomic mass is 35.5. The normalized spacial score (nSPS) is 12.7. The number of nitrogens with zero attached hydrogens (tertiary/aromatic N) is 1. The van der Waals surface area contributed by atoms with Crippen LogP contribution in [0.3, 0.4) is 0 Å². The van der Waals surface area contributed by atoms with Crippen LogP contribution in [0.5, 0.6) is 0 Å². The average molecular weight is 314 g/mol. The molecule has 1 nitrogen and oxygen atoms in total. The summed E-state index contributed by atoms with van der Waals surface area (Å²) in [5.41, 5.74) is 2.12. The zero-order chi connectivity index (χ0) is 14.4. The Morgan fingerprint density at radius 2 is 2.05 bits per heavy atom. The predicted molar refractivity (Wildman–Crippen MR) is 88.6 cm³/mol. The number of rotatable bonds is 4. The first kappa shape index (κ1) is 16.4. The van der Waals surface area contributed by atoms with Gasteiger partial charge in [-0.2, -0.15) is 0 Å². The van der Waals surface area contributed by atoms with Crippen LogP contribution in [0.2, 0.25) is 10.0 Å². The zero-order valence-electron chi connectivity index (χ0n) is 11.3. The standard InChI is InChI=1S/C15H17Cl2NS/c1-5-11(4)9-18-15(10(2)3)19-13-8-6-7-12(16)14(13)17/h6-9H,2,5H2,1,3-4H3/b11-9-,18-15?. The van der Waals surface area contributed by atoms with Gasteiger partial charge in [0.1, 0.15) is 5.04 Å². The summed E-state index contributed by atoms with van der Waals surface area (Å²) in [5, 5.41) is 1.95. The van der Waals surface area contributed by atoms with Crippen molar-refractivity contribution in [3.05, 3.63) is 52.2 Å². The zero-order valence-corrected chi connectivity index (χ0v) is 13.7. The van der Waals surface area contributed by atoms with Gasteiger partial charge in [-0.05, 0) is 38.0 Å². The molecule has 0 bridgehead atoms. The van der Waals surface area contributed by atoms with E-state index >= 15 is 0 Å². The molecule has 0 aliphatic carbocycles. The summed E-state index contributed by atoms with van der Waals surface area (Å²) in [6.07, 6.45) is 2.85. The number of hydrogen-bond acceptors (Lipinski definition) is 2. The number of thioether (sulfide) groups is 1. The Hall–Kier alpha value is -0.700. The van der Waals surface area contributed by atoms with Gasteiger partial charge >= 0.3 is 0 Å². The van der Waals surface area contributed by atoms with Gasteiger partial charge in [0.15, 0.2) is 0 Å². The third kappa shape index (κ3) is 5.06. The fourth-order valence-corrected chi connectivity index (χ4v) is 2.46. The van der Waals surface area contributed by atoms with E-state index < -0.39 is 0 Å². The minimum Gasteiger partial charge on any atom is -0.249 e. The Kier molecular flexibility index (Phi) is 6.70. The third-order valence-corrected chi connectivity index (χ3v) is 4.59. The minimum atomic E-state index is 0.549. The fraction of sp³-hybridized carbons (Fsp3) is 0.267. The van der Waals surface area contributed by atoms with Gasteiger partial charge in [0.25, 0.3) is 0 Å². The summed E-state index contributed by atoms with van der Waals surface area (Å²) in [6.45, 7) is 10.0. The molecular weight excluding hydrogens is 297 g/mol. The average Bonchev–Trinajstić information content (AvgIpc) is 2.38. The molecule has 19 heavy (non-hydrogen) atoms. The van der Waals surface area contributed by atoms with Gasteiger partial charge in [-0.3, -0.25) is 0 Å². The van der Waals surface area contributed by atoms with Gasteiger partial charge in [-0.1, -0.05) is 60.1 Å². The lowest BCUT2D eigenvalue weighted by Gasteiger charge is -2.07. The van der Waals surface area contributed by atoms with Crippen molar-refractivity contribution in [2.24, 2.45) is 4.99 Å². The van der Waals surface area contributed by atoms with Crippen molar-refractivity contribution in [1.29, 1.82) is 0 Å². The second-order valence-electron chi connectivity index (χ2n) is 4.20. The molecule has 102 valence electrons.